The van der Waals surface area contributed by atoms with Gasteiger partial charge in [0.2, 0.25) is 0 Å². The highest BCUT2D eigenvalue weighted by Gasteiger charge is 2.41. The van der Waals surface area contributed by atoms with Gasteiger partial charge in [0.15, 0.2) is 11.2 Å². The van der Waals surface area contributed by atoms with Crippen molar-refractivity contribution in [3.8, 4) is 0 Å². The van der Waals surface area contributed by atoms with E-state index in [1.807, 2.05) is 0 Å². The van der Waals surface area contributed by atoms with Crippen LogP contribution in [0.3, 0.4) is 0 Å². The highest BCUT2D eigenvalue weighted by molar-refractivity contribution is 5.81. The van der Waals surface area contributed by atoms with Crippen LogP contribution >= 0.6 is 0 Å². The summed E-state index contributed by atoms with van der Waals surface area (Å²) >= 11 is 0. The summed E-state index contributed by atoms with van der Waals surface area (Å²) in [5.41, 5.74) is -2.38. The summed E-state index contributed by atoms with van der Waals surface area (Å²) in [4.78, 5) is 22.6. The molecule has 5 nitrogen and oxygen atoms in total. The fourth-order valence-electron chi connectivity index (χ4n) is 1.21. The molecule has 88 valence electrons. The number of carbonyl (C=O) groups is 2. The van der Waals surface area contributed by atoms with Crippen LogP contribution in [0.4, 0.5) is 0 Å². The van der Waals surface area contributed by atoms with Crippen LogP contribution in [-0.2, 0) is 23.8 Å². The first-order valence-corrected chi connectivity index (χ1v) is 4.54. The van der Waals surface area contributed by atoms with Crippen LogP contribution in [0.2, 0.25) is 0 Å². The maximum atomic E-state index is 11.3. The first kappa shape index (κ1) is 13.9. The summed E-state index contributed by atoms with van der Waals surface area (Å²) in [6.07, 6.45) is 0. The number of esters is 2. The second kappa shape index (κ2) is 4.61. The van der Waals surface area contributed by atoms with Crippen LogP contribution in [0.1, 0.15) is 27.7 Å². The zero-order valence-electron chi connectivity index (χ0n) is 10.0. The van der Waals surface area contributed by atoms with Gasteiger partial charge in [-0.25, -0.2) is 9.59 Å². The third-order valence-electron chi connectivity index (χ3n) is 1.86. The van der Waals surface area contributed by atoms with E-state index in [1.54, 1.807) is 0 Å². The van der Waals surface area contributed by atoms with Crippen LogP contribution in [0.25, 0.3) is 0 Å². The zero-order valence-corrected chi connectivity index (χ0v) is 10.0. The van der Waals surface area contributed by atoms with E-state index in [-0.39, 0.29) is 0 Å². The van der Waals surface area contributed by atoms with Gasteiger partial charge >= 0.3 is 11.9 Å². The van der Waals surface area contributed by atoms with E-state index < -0.39 is 23.1 Å². The van der Waals surface area contributed by atoms with Gasteiger partial charge in [-0.05, 0) is 27.7 Å². The summed E-state index contributed by atoms with van der Waals surface area (Å²) < 4.78 is 14.5. The smallest absolute Gasteiger partial charge is 0.337 e. The van der Waals surface area contributed by atoms with Crippen molar-refractivity contribution in [2.45, 2.75) is 38.9 Å². The van der Waals surface area contributed by atoms with Crippen LogP contribution < -0.4 is 0 Å². The molecule has 0 heterocycles. The molecule has 0 atom stereocenters. The molecule has 0 spiro atoms. The predicted molar refractivity (Wildman–Crippen MR) is 53.3 cm³/mol. The predicted octanol–water partition coefficient (Wildman–Crippen LogP) is 0.906. The van der Waals surface area contributed by atoms with Gasteiger partial charge in [0.1, 0.15) is 0 Å². The number of ether oxygens (including phenoxy) is 3. The van der Waals surface area contributed by atoms with Gasteiger partial charge in [-0.1, -0.05) is 0 Å². The Hall–Kier alpha value is -1.10. The van der Waals surface area contributed by atoms with E-state index in [0.717, 1.165) is 0 Å². The van der Waals surface area contributed by atoms with Gasteiger partial charge in [0, 0.05) is 0 Å². The molecule has 0 rings (SSSR count). The number of hydrogen-bond acceptors (Lipinski definition) is 5. The number of methoxy groups -OCH3 is 2. The van der Waals surface area contributed by atoms with Crippen molar-refractivity contribution >= 4 is 11.9 Å². The van der Waals surface area contributed by atoms with E-state index in [2.05, 4.69) is 9.47 Å². The lowest BCUT2D eigenvalue weighted by molar-refractivity contribution is -0.196. The van der Waals surface area contributed by atoms with E-state index >= 15 is 0 Å². The van der Waals surface area contributed by atoms with E-state index in [9.17, 15) is 9.59 Å². The second-order valence-electron chi connectivity index (χ2n) is 4.11. The molecule has 0 N–H and O–H groups in total. The molecular formula is C10H18O5. The fourth-order valence-corrected chi connectivity index (χ4v) is 1.21. The maximum absolute atomic E-state index is 11.3. The number of hydrogen-bond donors (Lipinski definition) is 0. The molecule has 0 amide bonds. The maximum Gasteiger partial charge on any atom is 0.337 e. The Morgan fingerprint density at radius 1 is 0.800 bits per heavy atom. The van der Waals surface area contributed by atoms with Crippen molar-refractivity contribution in [1.29, 1.82) is 0 Å². The normalized spacial score (nSPS) is 12.1. The molecular weight excluding hydrogens is 200 g/mol. The zero-order chi connectivity index (χ0) is 12.3. The molecule has 0 aliphatic rings. The number of carbonyl (C=O) groups excluding carboxylic acids is 2. The molecule has 0 aromatic carbocycles. The molecule has 0 aliphatic heterocycles. The highest BCUT2D eigenvalue weighted by atomic mass is 16.6. The van der Waals surface area contributed by atoms with Crippen LogP contribution in [0, 0.1) is 0 Å². The molecule has 0 aromatic rings. The largest absolute Gasteiger partial charge is 0.467 e. The van der Waals surface area contributed by atoms with Crippen LogP contribution in [0.5, 0.6) is 0 Å². The minimum atomic E-state index is -1.19. The minimum Gasteiger partial charge on any atom is -0.467 e. The second-order valence-corrected chi connectivity index (χ2v) is 4.11. The Morgan fingerprint density at radius 2 is 1.07 bits per heavy atom. The van der Waals surface area contributed by atoms with Gasteiger partial charge in [-0.15, -0.1) is 0 Å². The van der Waals surface area contributed by atoms with Crippen LogP contribution in [0.15, 0.2) is 0 Å². The minimum absolute atomic E-state index is 0.542. The van der Waals surface area contributed by atoms with E-state index in [4.69, 9.17) is 4.74 Å². The molecule has 0 unspecified atom stereocenters. The molecule has 0 saturated carbocycles. The Labute approximate surface area is 89.7 Å². The average molecular weight is 218 g/mol. The summed E-state index contributed by atoms with van der Waals surface area (Å²) in [6, 6.07) is 0. The lowest BCUT2D eigenvalue weighted by Crippen LogP contribution is -2.48. The summed E-state index contributed by atoms with van der Waals surface area (Å²) in [6.45, 7) is 6.13. The van der Waals surface area contributed by atoms with Crippen molar-refractivity contribution in [2.75, 3.05) is 14.2 Å². The summed E-state index contributed by atoms with van der Waals surface area (Å²) in [7, 11) is 2.52. The SMILES string of the molecule is COC(=O)C(C)(C)OC(C)(C)C(=O)OC. The average Bonchev–Trinajstić information content (AvgIpc) is 2.13. The number of rotatable bonds is 4. The van der Waals surface area contributed by atoms with Gasteiger partial charge in [-0.3, -0.25) is 0 Å². The van der Waals surface area contributed by atoms with E-state index in [1.165, 1.54) is 41.9 Å². The quantitative estimate of drug-likeness (QED) is 0.656. The van der Waals surface area contributed by atoms with Crippen molar-refractivity contribution in [1.82, 2.24) is 0 Å². The lowest BCUT2D eigenvalue weighted by Gasteiger charge is -2.31. The Kier molecular flexibility index (Phi) is 4.27. The third-order valence-corrected chi connectivity index (χ3v) is 1.86. The highest BCUT2D eigenvalue weighted by Crippen LogP contribution is 2.22. The molecule has 0 aromatic heterocycles. The molecule has 0 bridgehead atoms. The van der Waals surface area contributed by atoms with Crippen molar-refractivity contribution in [2.24, 2.45) is 0 Å². The first-order valence-electron chi connectivity index (χ1n) is 4.54. The first-order chi connectivity index (χ1) is 6.67. The van der Waals surface area contributed by atoms with Crippen molar-refractivity contribution in [3.05, 3.63) is 0 Å². The monoisotopic (exact) mass is 218 g/mol. The molecule has 0 fully saturated rings. The van der Waals surface area contributed by atoms with E-state index in [0.29, 0.717) is 0 Å². The summed E-state index contributed by atoms with van der Waals surface area (Å²) in [5.74, 6) is -1.08. The van der Waals surface area contributed by atoms with Gasteiger partial charge in [0.05, 0.1) is 14.2 Å². The van der Waals surface area contributed by atoms with Crippen molar-refractivity contribution in [3.63, 3.8) is 0 Å². The molecule has 15 heavy (non-hydrogen) atoms. The standard InChI is InChI=1S/C10H18O5/c1-9(2,7(11)13-5)15-10(3,4)8(12)14-6/h1-6H3. The Morgan fingerprint density at radius 3 is 1.27 bits per heavy atom. The third kappa shape index (κ3) is 3.51. The topological polar surface area (TPSA) is 61.8 Å². The van der Waals surface area contributed by atoms with Crippen LogP contribution in [-0.4, -0.2) is 37.4 Å². The molecule has 0 saturated heterocycles. The fraction of sp³-hybridized carbons (Fsp3) is 0.800. The molecule has 0 aliphatic carbocycles. The summed E-state index contributed by atoms with van der Waals surface area (Å²) in [5, 5.41) is 0. The van der Waals surface area contributed by atoms with Crippen molar-refractivity contribution < 1.29 is 23.8 Å². The lowest BCUT2D eigenvalue weighted by atomic mass is 10.1. The van der Waals surface area contributed by atoms with Gasteiger partial charge < -0.3 is 14.2 Å². The Bertz CT molecular complexity index is 229. The Balaban J connectivity index is 4.71. The van der Waals surface area contributed by atoms with Gasteiger partial charge in [-0.2, -0.15) is 0 Å². The van der Waals surface area contributed by atoms with Gasteiger partial charge in [0.25, 0.3) is 0 Å². The molecule has 0 radical (unpaired) electrons. The molecule has 5 heteroatoms.